The molecule has 0 saturated carbocycles. The predicted octanol–water partition coefficient (Wildman–Crippen LogP) is 2.43. The first-order valence-electron chi connectivity index (χ1n) is 7.65. The van der Waals surface area contributed by atoms with Crippen LogP contribution in [0.3, 0.4) is 0 Å². The third-order valence-electron chi connectivity index (χ3n) is 3.59. The molecular formula is C17H22N2O4. The van der Waals surface area contributed by atoms with Gasteiger partial charge in [0.2, 0.25) is 0 Å². The van der Waals surface area contributed by atoms with Crippen molar-refractivity contribution in [3.8, 4) is 0 Å². The van der Waals surface area contributed by atoms with Gasteiger partial charge < -0.3 is 19.0 Å². The molecule has 23 heavy (non-hydrogen) atoms. The lowest BCUT2D eigenvalue weighted by molar-refractivity contribution is -0.124. The summed E-state index contributed by atoms with van der Waals surface area (Å²) >= 11 is 0. The first-order chi connectivity index (χ1) is 11.0. The molecule has 124 valence electrons. The summed E-state index contributed by atoms with van der Waals surface area (Å²) in [5.74, 6) is 0.0331. The van der Waals surface area contributed by atoms with E-state index in [0.717, 1.165) is 23.6 Å². The van der Waals surface area contributed by atoms with Crippen LogP contribution in [0.5, 0.6) is 0 Å². The molecule has 0 fully saturated rings. The molecule has 1 N–H and O–H groups in total. The molecule has 0 aliphatic carbocycles. The number of hydrogen-bond donors (Lipinski definition) is 1. The van der Waals surface area contributed by atoms with Crippen LogP contribution in [0.2, 0.25) is 0 Å². The molecule has 6 nitrogen and oxygen atoms in total. The van der Waals surface area contributed by atoms with E-state index >= 15 is 0 Å². The lowest BCUT2D eigenvalue weighted by Crippen LogP contribution is -2.29. The van der Waals surface area contributed by atoms with Gasteiger partial charge in [-0.05, 0) is 38.5 Å². The Bertz CT molecular complexity index is 671. The van der Waals surface area contributed by atoms with E-state index in [1.54, 1.807) is 12.3 Å². The van der Waals surface area contributed by atoms with E-state index in [2.05, 4.69) is 5.32 Å². The number of aromatic nitrogens is 1. The van der Waals surface area contributed by atoms with Gasteiger partial charge in [-0.25, -0.2) is 4.79 Å². The Morgan fingerprint density at radius 3 is 2.78 bits per heavy atom. The van der Waals surface area contributed by atoms with Gasteiger partial charge in [0.05, 0.1) is 18.4 Å². The van der Waals surface area contributed by atoms with Gasteiger partial charge in [-0.15, -0.1) is 0 Å². The Morgan fingerprint density at radius 2 is 2.13 bits per heavy atom. The van der Waals surface area contributed by atoms with Gasteiger partial charge in [-0.1, -0.05) is 6.92 Å². The molecule has 0 bridgehead atoms. The normalized spacial score (nSPS) is 10.6. The Morgan fingerprint density at radius 1 is 1.35 bits per heavy atom. The van der Waals surface area contributed by atoms with Crippen molar-refractivity contribution in [1.29, 1.82) is 0 Å². The summed E-state index contributed by atoms with van der Waals surface area (Å²) in [5, 5.41) is 2.67. The van der Waals surface area contributed by atoms with Crippen LogP contribution in [0.4, 0.5) is 0 Å². The van der Waals surface area contributed by atoms with Crippen LogP contribution < -0.4 is 5.32 Å². The highest BCUT2D eigenvalue weighted by atomic mass is 16.5. The summed E-state index contributed by atoms with van der Waals surface area (Å²) in [6.45, 7) is 6.59. The summed E-state index contributed by atoms with van der Waals surface area (Å²) in [4.78, 5) is 23.7. The van der Waals surface area contributed by atoms with Crippen LogP contribution in [-0.4, -0.2) is 29.6 Å². The molecule has 2 aromatic rings. The zero-order valence-electron chi connectivity index (χ0n) is 13.7. The number of amides is 1. The third-order valence-corrected chi connectivity index (χ3v) is 3.59. The van der Waals surface area contributed by atoms with Crippen molar-refractivity contribution in [3.63, 3.8) is 0 Å². The molecule has 0 unspecified atom stereocenters. The van der Waals surface area contributed by atoms with Crippen molar-refractivity contribution in [2.24, 2.45) is 0 Å². The fourth-order valence-corrected chi connectivity index (χ4v) is 2.33. The highest BCUT2D eigenvalue weighted by Crippen LogP contribution is 2.18. The molecule has 0 atom stereocenters. The quantitative estimate of drug-likeness (QED) is 0.796. The van der Waals surface area contributed by atoms with Crippen molar-refractivity contribution in [3.05, 3.63) is 47.2 Å². The number of carbonyl (C=O) groups excluding carboxylic acids is 2. The number of rotatable bonds is 7. The van der Waals surface area contributed by atoms with Gasteiger partial charge in [-0.2, -0.15) is 0 Å². The lowest BCUT2D eigenvalue weighted by atomic mass is 10.2. The number of nitrogens with zero attached hydrogens (tertiary/aromatic N) is 1. The summed E-state index contributed by atoms with van der Waals surface area (Å²) < 4.78 is 12.4. The molecule has 1 amide bonds. The molecule has 0 aromatic carbocycles. The van der Waals surface area contributed by atoms with E-state index in [0.29, 0.717) is 18.7 Å². The average Bonchev–Trinajstić information content (AvgIpc) is 3.14. The fraction of sp³-hybridized carbons (Fsp3) is 0.412. The smallest absolute Gasteiger partial charge is 0.340 e. The molecule has 0 radical (unpaired) electrons. The molecule has 2 aromatic heterocycles. The Hall–Kier alpha value is -2.50. The van der Waals surface area contributed by atoms with Crippen LogP contribution in [0, 0.1) is 13.8 Å². The SMILES string of the molecule is CCCNC(=O)COC(=O)c1cc(C)n(Cc2ccco2)c1C. The summed E-state index contributed by atoms with van der Waals surface area (Å²) in [7, 11) is 0. The predicted molar refractivity (Wildman–Crippen MR) is 85.3 cm³/mol. The minimum Gasteiger partial charge on any atom is -0.467 e. The Balaban J connectivity index is 2.02. The lowest BCUT2D eigenvalue weighted by Gasteiger charge is -2.08. The summed E-state index contributed by atoms with van der Waals surface area (Å²) in [5.41, 5.74) is 2.19. The molecule has 2 rings (SSSR count). The zero-order chi connectivity index (χ0) is 16.8. The van der Waals surface area contributed by atoms with E-state index in [1.807, 2.05) is 37.5 Å². The number of aryl methyl sites for hydroxylation is 1. The van der Waals surface area contributed by atoms with Crippen LogP contribution in [0.1, 0.15) is 40.9 Å². The van der Waals surface area contributed by atoms with Crippen molar-refractivity contribution < 1.29 is 18.7 Å². The van der Waals surface area contributed by atoms with Crippen molar-refractivity contribution in [2.45, 2.75) is 33.7 Å². The van der Waals surface area contributed by atoms with Gasteiger partial charge in [0.15, 0.2) is 6.61 Å². The first-order valence-corrected chi connectivity index (χ1v) is 7.65. The maximum absolute atomic E-state index is 12.2. The Labute approximate surface area is 135 Å². The van der Waals surface area contributed by atoms with E-state index in [-0.39, 0.29) is 12.5 Å². The largest absolute Gasteiger partial charge is 0.467 e. The minimum atomic E-state index is -0.490. The number of ether oxygens (including phenoxy) is 1. The topological polar surface area (TPSA) is 73.5 Å². The minimum absolute atomic E-state index is 0.263. The second-order valence-electron chi connectivity index (χ2n) is 5.38. The number of esters is 1. The summed E-state index contributed by atoms with van der Waals surface area (Å²) in [6.07, 6.45) is 2.46. The molecule has 2 heterocycles. The monoisotopic (exact) mass is 318 g/mol. The number of nitrogens with one attached hydrogen (secondary N) is 1. The van der Waals surface area contributed by atoms with Gasteiger partial charge in [0, 0.05) is 17.9 Å². The van der Waals surface area contributed by atoms with Gasteiger partial charge >= 0.3 is 5.97 Å². The van der Waals surface area contributed by atoms with Gasteiger partial charge in [-0.3, -0.25) is 4.79 Å². The molecule has 0 aliphatic heterocycles. The van der Waals surface area contributed by atoms with E-state index < -0.39 is 5.97 Å². The molecular weight excluding hydrogens is 296 g/mol. The number of furan rings is 1. The average molecular weight is 318 g/mol. The van der Waals surface area contributed by atoms with Gasteiger partial charge in [0.25, 0.3) is 5.91 Å². The molecule has 6 heteroatoms. The molecule has 0 aliphatic rings. The first kappa shape index (κ1) is 16.9. The standard InChI is InChI=1S/C17H22N2O4/c1-4-7-18-16(20)11-23-17(21)15-9-12(2)19(13(15)3)10-14-6-5-8-22-14/h5-6,8-9H,4,7,10-11H2,1-3H3,(H,18,20). The van der Waals surface area contributed by atoms with E-state index in [9.17, 15) is 9.59 Å². The molecule has 0 spiro atoms. The maximum Gasteiger partial charge on any atom is 0.340 e. The summed E-state index contributed by atoms with van der Waals surface area (Å²) in [6, 6.07) is 5.48. The highest BCUT2D eigenvalue weighted by molar-refractivity contribution is 5.92. The van der Waals surface area contributed by atoms with E-state index in [4.69, 9.17) is 9.15 Å². The van der Waals surface area contributed by atoms with Gasteiger partial charge in [0.1, 0.15) is 5.76 Å². The van der Waals surface area contributed by atoms with Crippen LogP contribution in [-0.2, 0) is 16.1 Å². The Kier molecular flexibility index (Phi) is 5.62. The molecule has 0 saturated heterocycles. The van der Waals surface area contributed by atoms with Crippen molar-refractivity contribution in [1.82, 2.24) is 9.88 Å². The number of hydrogen-bond acceptors (Lipinski definition) is 4. The van der Waals surface area contributed by atoms with E-state index in [1.165, 1.54) is 0 Å². The second-order valence-corrected chi connectivity index (χ2v) is 5.38. The number of carbonyl (C=O) groups is 2. The third kappa shape index (κ3) is 4.25. The maximum atomic E-state index is 12.2. The zero-order valence-corrected chi connectivity index (χ0v) is 13.7. The van der Waals surface area contributed by atoms with Crippen LogP contribution in [0.15, 0.2) is 28.9 Å². The fourth-order valence-electron chi connectivity index (χ4n) is 2.33. The highest BCUT2D eigenvalue weighted by Gasteiger charge is 2.18. The van der Waals surface area contributed by atoms with Crippen molar-refractivity contribution in [2.75, 3.05) is 13.2 Å². The van der Waals surface area contributed by atoms with Crippen molar-refractivity contribution >= 4 is 11.9 Å². The van der Waals surface area contributed by atoms with Crippen LogP contribution >= 0.6 is 0 Å². The second kappa shape index (κ2) is 7.67. The van der Waals surface area contributed by atoms with Crippen LogP contribution in [0.25, 0.3) is 0 Å².